The van der Waals surface area contributed by atoms with Crippen molar-refractivity contribution >= 4 is 23.2 Å². The van der Waals surface area contributed by atoms with Gasteiger partial charge in [0, 0.05) is 0 Å². The number of amides is 2. The summed E-state index contributed by atoms with van der Waals surface area (Å²) in [5, 5.41) is 8.31. The van der Waals surface area contributed by atoms with E-state index in [9.17, 15) is 9.59 Å². The molecule has 98 valence electrons. The van der Waals surface area contributed by atoms with Crippen LogP contribution in [-0.4, -0.2) is 16.8 Å². The quantitative estimate of drug-likeness (QED) is 0.514. The van der Waals surface area contributed by atoms with Gasteiger partial charge in [-0.05, 0) is 24.3 Å². The van der Waals surface area contributed by atoms with Crippen molar-refractivity contribution in [2.24, 2.45) is 10.3 Å². The fourth-order valence-corrected chi connectivity index (χ4v) is 1.93. The first kappa shape index (κ1) is 12.0. The van der Waals surface area contributed by atoms with E-state index in [1.54, 1.807) is 48.5 Å². The van der Waals surface area contributed by atoms with Crippen LogP contribution in [0, 0.1) is 0 Å². The number of carbonyl (C=O) groups excluding carboxylic acids is 2. The van der Waals surface area contributed by atoms with E-state index < -0.39 is 11.8 Å². The van der Waals surface area contributed by atoms with Gasteiger partial charge in [-0.3, -0.25) is 9.59 Å². The summed E-state index contributed by atoms with van der Waals surface area (Å²) < 4.78 is 0. The van der Waals surface area contributed by atoms with Gasteiger partial charge in [0.2, 0.25) is 0 Å². The maximum Gasteiger partial charge on any atom is 0.283 e. The lowest BCUT2D eigenvalue weighted by molar-refractivity contribution is 0.0646. The van der Waals surface area contributed by atoms with Crippen molar-refractivity contribution in [1.29, 1.82) is 0 Å². The van der Waals surface area contributed by atoms with Gasteiger partial charge in [0.05, 0.1) is 16.8 Å². The number of benzene rings is 2. The third-order valence-corrected chi connectivity index (χ3v) is 2.95. The Hall–Kier alpha value is -3.02. The predicted molar refractivity (Wildman–Crippen MR) is 72.3 cm³/mol. The summed E-state index contributed by atoms with van der Waals surface area (Å²) in [6, 6.07) is 13.4. The van der Waals surface area contributed by atoms with Crippen molar-refractivity contribution in [2.45, 2.75) is 0 Å². The Morgan fingerprint density at radius 3 is 2.00 bits per heavy atom. The zero-order valence-corrected chi connectivity index (χ0v) is 10.4. The molecule has 6 nitrogen and oxygen atoms in total. The third-order valence-electron chi connectivity index (χ3n) is 2.95. The number of nitrogens with zero attached hydrogens (tertiary/aromatic N) is 3. The molecule has 0 unspecified atom stereocenters. The molecule has 1 heterocycles. The first-order chi connectivity index (χ1) is 9.68. The van der Waals surface area contributed by atoms with Gasteiger partial charge in [-0.1, -0.05) is 29.5 Å². The molecule has 2 N–H and O–H groups in total. The van der Waals surface area contributed by atoms with Gasteiger partial charge in [-0.2, -0.15) is 0 Å². The molecule has 0 radical (unpaired) electrons. The van der Waals surface area contributed by atoms with Crippen LogP contribution in [0.25, 0.3) is 0 Å². The van der Waals surface area contributed by atoms with Crippen molar-refractivity contribution in [3.8, 4) is 0 Å². The molecular formula is C14H10N4O2. The Morgan fingerprint density at radius 1 is 0.850 bits per heavy atom. The average molecular weight is 266 g/mol. The van der Waals surface area contributed by atoms with Gasteiger partial charge in [-0.15, -0.1) is 10.1 Å². The Balaban J connectivity index is 1.93. The topological polar surface area (TPSA) is 88.1 Å². The number of anilines is 1. The lowest BCUT2D eigenvalue weighted by Gasteiger charge is -2.04. The van der Waals surface area contributed by atoms with Crippen LogP contribution in [0.5, 0.6) is 0 Å². The molecule has 0 aromatic heterocycles. The maximum atomic E-state index is 12.0. The number of hydrogen-bond acceptors (Lipinski definition) is 5. The minimum absolute atomic E-state index is 0.331. The second kappa shape index (κ2) is 4.58. The molecular weight excluding hydrogens is 256 g/mol. The fourth-order valence-electron chi connectivity index (χ4n) is 1.93. The van der Waals surface area contributed by atoms with E-state index in [1.165, 1.54) is 0 Å². The minimum Gasteiger partial charge on any atom is -0.397 e. The number of para-hydroxylation sites is 1. The molecule has 2 aromatic rings. The van der Waals surface area contributed by atoms with Crippen molar-refractivity contribution in [3.05, 3.63) is 59.7 Å². The number of imide groups is 1. The Kier molecular flexibility index (Phi) is 2.76. The highest BCUT2D eigenvalue weighted by atomic mass is 16.2. The SMILES string of the molecule is Nc1ccccc1/N=N/N1C(=O)c2ccccc2C1=O. The summed E-state index contributed by atoms with van der Waals surface area (Å²) in [4.78, 5) is 24.1. The summed E-state index contributed by atoms with van der Waals surface area (Å²) in [6.45, 7) is 0. The summed E-state index contributed by atoms with van der Waals surface area (Å²) >= 11 is 0. The largest absolute Gasteiger partial charge is 0.397 e. The van der Waals surface area contributed by atoms with Crippen molar-refractivity contribution < 1.29 is 9.59 Å². The van der Waals surface area contributed by atoms with Crippen LogP contribution >= 0.6 is 0 Å². The van der Waals surface area contributed by atoms with Crippen molar-refractivity contribution in [1.82, 2.24) is 5.01 Å². The van der Waals surface area contributed by atoms with E-state index in [4.69, 9.17) is 5.73 Å². The Morgan fingerprint density at radius 2 is 1.40 bits per heavy atom. The Bertz CT molecular complexity index is 704. The van der Waals surface area contributed by atoms with Crippen LogP contribution in [0.1, 0.15) is 20.7 Å². The smallest absolute Gasteiger partial charge is 0.283 e. The zero-order chi connectivity index (χ0) is 14.1. The van der Waals surface area contributed by atoms with E-state index >= 15 is 0 Å². The monoisotopic (exact) mass is 266 g/mol. The second-order valence-corrected chi connectivity index (χ2v) is 4.22. The van der Waals surface area contributed by atoms with Crippen LogP contribution in [-0.2, 0) is 0 Å². The standard InChI is InChI=1S/C14H10N4O2/c15-11-7-3-4-8-12(11)16-17-18-13(19)9-5-1-2-6-10(9)14(18)20/h1-8H,15H2/b17-16+. The molecule has 2 aromatic carbocycles. The molecule has 1 aliphatic heterocycles. The number of hydrogen-bond donors (Lipinski definition) is 1. The number of carbonyl (C=O) groups is 2. The molecule has 0 spiro atoms. The first-order valence-electron chi connectivity index (χ1n) is 5.92. The van der Waals surface area contributed by atoms with Crippen molar-refractivity contribution in [2.75, 3.05) is 5.73 Å². The molecule has 0 atom stereocenters. The number of rotatable bonds is 2. The van der Waals surface area contributed by atoms with Crippen LogP contribution < -0.4 is 5.73 Å². The fraction of sp³-hybridized carbons (Fsp3) is 0. The molecule has 6 heteroatoms. The summed E-state index contributed by atoms with van der Waals surface area (Å²) in [5.74, 6) is -0.965. The van der Waals surface area contributed by atoms with Gasteiger partial charge in [0.25, 0.3) is 11.8 Å². The van der Waals surface area contributed by atoms with Gasteiger partial charge < -0.3 is 5.73 Å². The van der Waals surface area contributed by atoms with Crippen LogP contribution in [0.4, 0.5) is 11.4 Å². The molecule has 0 saturated heterocycles. The average Bonchev–Trinajstić information content (AvgIpc) is 2.71. The highest BCUT2D eigenvalue weighted by Gasteiger charge is 2.35. The summed E-state index contributed by atoms with van der Waals surface area (Å²) in [5.41, 5.74) is 7.21. The van der Waals surface area contributed by atoms with E-state index in [-0.39, 0.29) is 0 Å². The van der Waals surface area contributed by atoms with E-state index in [0.29, 0.717) is 22.5 Å². The number of nitrogens with two attached hydrogens (primary N) is 1. The second-order valence-electron chi connectivity index (χ2n) is 4.22. The van der Waals surface area contributed by atoms with Crippen LogP contribution in [0.2, 0.25) is 0 Å². The molecule has 0 aliphatic carbocycles. The van der Waals surface area contributed by atoms with Crippen LogP contribution in [0.15, 0.2) is 58.9 Å². The molecule has 0 fully saturated rings. The molecule has 2 amide bonds. The zero-order valence-electron chi connectivity index (χ0n) is 10.4. The van der Waals surface area contributed by atoms with Gasteiger partial charge in [-0.25, -0.2) is 0 Å². The maximum absolute atomic E-state index is 12.0. The Labute approximate surface area is 114 Å². The molecule has 3 rings (SSSR count). The van der Waals surface area contributed by atoms with E-state index in [0.717, 1.165) is 5.01 Å². The number of fused-ring (bicyclic) bond motifs is 1. The highest BCUT2D eigenvalue weighted by Crippen LogP contribution is 2.25. The van der Waals surface area contributed by atoms with Crippen molar-refractivity contribution in [3.63, 3.8) is 0 Å². The summed E-state index contributed by atoms with van der Waals surface area (Å²) in [6.07, 6.45) is 0. The van der Waals surface area contributed by atoms with E-state index in [1.807, 2.05) is 0 Å². The summed E-state index contributed by atoms with van der Waals surface area (Å²) in [7, 11) is 0. The lowest BCUT2D eigenvalue weighted by atomic mass is 10.1. The normalized spacial score (nSPS) is 14.1. The van der Waals surface area contributed by atoms with Crippen LogP contribution in [0.3, 0.4) is 0 Å². The molecule has 1 aliphatic rings. The molecule has 20 heavy (non-hydrogen) atoms. The van der Waals surface area contributed by atoms with Gasteiger partial charge in [0.1, 0.15) is 5.69 Å². The predicted octanol–water partition coefficient (Wildman–Crippen LogP) is 2.56. The first-order valence-corrected chi connectivity index (χ1v) is 5.92. The lowest BCUT2D eigenvalue weighted by Crippen LogP contribution is -2.23. The van der Waals surface area contributed by atoms with Gasteiger partial charge in [0.15, 0.2) is 0 Å². The van der Waals surface area contributed by atoms with E-state index in [2.05, 4.69) is 10.3 Å². The number of nitrogen functional groups attached to an aromatic ring is 1. The third kappa shape index (κ3) is 1.83. The molecule has 0 saturated carbocycles. The van der Waals surface area contributed by atoms with Gasteiger partial charge >= 0.3 is 0 Å². The highest BCUT2D eigenvalue weighted by molar-refractivity contribution is 6.21. The minimum atomic E-state index is -0.483. The molecule has 0 bridgehead atoms.